The number of benzene rings is 2. The van der Waals surface area contributed by atoms with Crippen molar-refractivity contribution in [1.29, 1.82) is 0 Å². The highest BCUT2D eigenvalue weighted by Gasteiger charge is 2.45. The van der Waals surface area contributed by atoms with Crippen LogP contribution in [0.3, 0.4) is 0 Å². The van der Waals surface area contributed by atoms with Gasteiger partial charge in [-0.15, -0.1) is 0 Å². The molecule has 0 amide bonds. The standard InChI is InChI=1S/C18H23NO/c1-19(2)17(18(13-20)11-6-12-18)16-10-5-8-14-7-3-4-9-15(14)16/h3-5,7-10,17,20H,6,11-13H2,1-2H3. The van der Waals surface area contributed by atoms with Gasteiger partial charge in [-0.25, -0.2) is 0 Å². The van der Waals surface area contributed by atoms with Gasteiger partial charge in [-0.2, -0.15) is 0 Å². The van der Waals surface area contributed by atoms with Crippen molar-refractivity contribution >= 4 is 10.8 Å². The van der Waals surface area contributed by atoms with Crippen LogP contribution in [-0.2, 0) is 0 Å². The molecular formula is C18H23NO. The molecule has 1 unspecified atom stereocenters. The summed E-state index contributed by atoms with van der Waals surface area (Å²) in [4.78, 5) is 2.27. The zero-order chi connectivity index (χ0) is 14.2. The first-order valence-electron chi connectivity index (χ1n) is 7.43. The summed E-state index contributed by atoms with van der Waals surface area (Å²) in [6.07, 6.45) is 3.47. The van der Waals surface area contributed by atoms with Crippen molar-refractivity contribution in [1.82, 2.24) is 4.90 Å². The van der Waals surface area contributed by atoms with E-state index in [-0.39, 0.29) is 18.1 Å². The van der Waals surface area contributed by atoms with Crippen LogP contribution in [0.5, 0.6) is 0 Å². The average Bonchev–Trinajstić information content (AvgIpc) is 2.42. The Morgan fingerprint density at radius 3 is 2.40 bits per heavy atom. The maximum absolute atomic E-state index is 9.96. The molecular weight excluding hydrogens is 246 g/mol. The Hall–Kier alpha value is -1.38. The molecule has 0 spiro atoms. The van der Waals surface area contributed by atoms with Crippen LogP contribution in [0.25, 0.3) is 10.8 Å². The van der Waals surface area contributed by atoms with Gasteiger partial charge < -0.3 is 10.0 Å². The first-order chi connectivity index (χ1) is 9.68. The van der Waals surface area contributed by atoms with Crippen LogP contribution in [0.1, 0.15) is 30.9 Å². The summed E-state index contributed by atoms with van der Waals surface area (Å²) in [5.41, 5.74) is 1.38. The zero-order valence-electron chi connectivity index (χ0n) is 12.3. The Labute approximate surface area is 121 Å². The smallest absolute Gasteiger partial charge is 0.0505 e. The maximum atomic E-state index is 9.96. The van der Waals surface area contributed by atoms with Gasteiger partial charge in [0.05, 0.1) is 6.61 Å². The van der Waals surface area contributed by atoms with E-state index in [1.54, 1.807) is 0 Å². The van der Waals surface area contributed by atoms with Gasteiger partial charge in [0, 0.05) is 11.5 Å². The number of aliphatic hydroxyl groups is 1. The van der Waals surface area contributed by atoms with Gasteiger partial charge >= 0.3 is 0 Å². The van der Waals surface area contributed by atoms with Crippen molar-refractivity contribution in [3.05, 3.63) is 48.0 Å². The quantitative estimate of drug-likeness (QED) is 0.916. The Morgan fingerprint density at radius 1 is 1.10 bits per heavy atom. The van der Waals surface area contributed by atoms with Crippen molar-refractivity contribution in [2.75, 3.05) is 20.7 Å². The van der Waals surface area contributed by atoms with Gasteiger partial charge in [0.15, 0.2) is 0 Å². The predicted octanol–water partition coefficient (Wildman–Crippen LogP) is 3.61. The molecule has 1 aliphatic carbocycles. The van der Waals surface area contributed by atoms with E-state index in [0.717, 1.165) is 12.8 Å². The lowest BCUT2D eigenvalue weighted by molar-refractivity contribution is -0.0302. The minimum Gasteiger partial charge on any atom is -0.396 e. The average molecular weight is 269 g/mol. The number of hydrogen-bond donors (Lipinski definition) is 1. The number of nitrogens with zero attached hydrogens (tertiary/aromatic N) is 1. The summed E-state index contributed by atoms with van der Waals surface area (Å²) < 4.78 is 0. The molecule has 1 saturated carbocycles. The minimum absolute atomic E-state index is 0.0353. The lowest BCUT2D eigenvalue weighted by atomic mass is 9.62. The van der Waals surface area contributed by atoms with Crippen LogP contribution in [0.2, 0.25) is 0 Å². The van der Waals surface area contributed by atoms with E-state index >= 15 is 0 Å². The van der Waals surface area contributed by atoms with E-state index in [9.17, 15) is 5.11 Å². The van der Waals surface area contributed by atoms with Crippen LogP contribution < -0.4 is 0 Å². The third-order valence-electron chi connectivity index (χ3n) is 4.88. The predicted molar refractivity (Wildman–Crippen MR) is 83.7 cm³/mol. The van der Waals surface area contributed by atoms with Crippen LogP contribution in [0, 0.1) is 5.41 Å². The van der Waals surface area contributed by atoms with Crippen molar-refractivity contribution in [2.45, 2.75) is 25.3 Å². The summed E-state index contributed by atoms with van der Waals surface area (Å²) in [6, 6.07) is 15.4. The zero-order valence-corrected chi connectivity index (χ0v) is 12.3. The molecule has 3 rings (SSSR count). The van der Waals surface area contributed by atoms with Crippen molar-refractivity contribution in [2.24, 2.45) is 5.41 Å². The molecule has 0 aliphatic heterocycles. The summed E-state index contributed by atoms with van der Waals surface area (Å²) >= 11 is 0. The molecule has 1 N–H and O–H groups in total. The largest absolute Gasteiger partial charge is 0.396 e. The lowest BCUT2D eigenvalue weighted by Gasteiger charge is -2.49. The molecule has 1 aliphatic rings. The summed E-state index contributed by atoms with van der Waals surface area (Å²) in [5.74, 6) is 0. The van der Waals surface area contributed by atoms with E-state index in [1.807, 2.05) is 0 Å². The Morgan fingerprint density at radius 2 is 1.80 bits per heavy atom. The second-order valence-corrected chi connectivity index (χ2v) is 6.31. The van der Waals surface area contributed by atoms with E-state index in [1.165, 1.54) is 22.8 Å². The molecule has 0 bridgehead atoms. The number of hydrogen-bond acceptors (Lipinski definition) is 2. The van der Waals surface area contributed by atoms with Gasteiger partial charge in [-0.05, 0) is 43.3 Å². The highest BCUT2D eigenvalue weighted by Crippen LogP contribution is 2.52. The minimum atomic E-state index is 0.0353. The van der Waals surface area contributed by atoms with Crippen molar-refractivity contribution in [3.8, 4) is 0 Å². The Balaban J connectivity index is 2.15. The third-order valence-corrected chi connectivity index (χ3v) is 4.88. The molecule has 2 aromatic rings. The van der Waals surface area contributed by atoms with Gasteiger partial charge in [0.2, 0.25) is 0 Å². The third kappa shape index (κ3) is 2.04. The first kappa shape index (κ1) is 13.6. The first-order valence-corrected chi connectivity index (χ1v) is 7.43. The molecule has 2 nitrogen and oxygen atoms in total. The summed E-state index contributed by atoms with van der Waals surface area (Å²) in [5, 5.41) is 12.6. The fourth-order valence-electron chi connectivity index (χ4n) is 3.79. The SMILES string of the molecule is CN(C)C(c1cccc2ccccc12)C1(CO)CCC1. The summed E-state index contributed by atoms with van der Waals surface area (Å²) in [6.45, 7) is 0.277. The lowest BCUT2D eigenvalue weighted by Crippen LogP contribution is -2.45. The Kier molecular flexibility index (Phi) is 3.53. The van der Waals surface area contributed by atoms with Crippen molar-refractivity contribution < 1.29 is 5.11 Å². The molecule has 20 heavy (non-hydrogen) atoms. The Bertz CT molecular complexity index is 590. The van der Waals surface area contributed by atoms with Crippen LogP contribution in [0.4, 0.5) is 0 Å². The normalized spacial score (nSPS) is 19.0. The molecule has 0 radical (unpaired) electrons. The van der Waals surface area contributed by atoms with Crippen LogP contribution >= 0.6 is 0 Å². The maximum Gasteiger partial charge on any atom is 0.0505 e. The molecule has 0 saturated heterocycles. The fraction of sp³-hybridized carbons (Fsp3) is 0.444. The fourth-order valence-corrected chi connectivity index (χ4v) is 3.79. The molecule has 0 aromatic heterocycles. The highest BCUT2D eigenvalue weighted by molar-refractivity contribution is 5.86. The summed E-state index contributed by atoms with van der Waals surface area (Å²) in [7, 11) is 4.25. The van der Waals surface area contributed by atoms with Crippen molar-refractivity contribution in [3.63, 3.8) is 0 Å². The van der Waals surface area contributed by atoms with Gasteiger partial charge in [-0.1, -0.05) is 48.9 Å². The number of fused-ring (bicyclic) bond motifs is 1. The topological polar surface area (TPSA) is 23.5 Å². The molecule has 106 valence electrons. The van der Waals surface area contributed by atoms with E-state index < -0.39 is 0 Å². The number of aliphatic hydroxyl groups excluding tert-OH is 1. The van der Waals surface area contributed by atoms with Gasteiger partial charge in [0.1, 0.15) is 0 Å². The van der Waals surface area contributed by atoms with Crippen LogP contribution in [0.15, 0.2) is 42.5 Å². The van der Waals surface area contributed by atoms with Crippen LogP contribution in [-0.4, -0.2) is 30.7 Å². The molecule has 2 aromatic carbocycles. The second-order valence-electron chi connectivity index (χ2n) is 6.31. The van der Waals surface area contributed by atoms with E-state index in [4.69, 9.17) is 0 Å². The number of rotatable bonds is 4. The molecule has 0 heterocycles. The monoisotopic (exact) mass is 269 g/mol. The van der Waals surface area contributed by atoms with Gasteiger partial charge in [-0.3, -0.25) is 0 Å². The van der Waals surface area contributed by atoms with E-state index in [2.05, 4.69) is 61.5 Å². The molecule has 2 heteroatoms. The van der Waals surface area contributed by atoms with Gasteiger partial charge in [0.25, 0.3) is 0 Å². The van der Waals surface area contributed by atoms with E-state index in [0.29, 0.717) is 0 Å². The molecule has 1 atom stereocenters. The molecule has 1 fully saturated rings. The second kappa shape index (κ2) is 5.19. The highest BCUT2D eigenvalue weighted by atomic mass is 16.3.